The normalized spacial score (nSPS) is 48.3. The third kappa shape index (κ3) is 1.90. The summed E-state index contributed by atoms with van der Waals surface area (Å²) >= 11 is 0. The molecule has 0 heterocycles. The van der Waals surface area contributed by atoms with Gasteiger partial charge in [-0.2, -0.15) is 0 Å². The lowest BCUT2D eigenvalue weighted by Gasteiger charge is -2.56. The Kier molecular flexibility index (Phi) is 3.31. The Labute approximate surface area is 125 Å². The Morgan fingerprint density at radius 2 is 1.80 bits per heavy atom. The van der Waals surface area contributed by atoms with Gasteiger partial charge in [0.25, 0.3) is 0 Å². The third-order valence-electron chi connectivity index (χ3n) is 7.18. The molecule has 20 heavy (non-hydrogen) atoms. The Morgan fingerprint density at radius 3 is 2.30 bits per heavy atom. The summed E-state index contributed by atoms with van der Waals surface area (Å²) in [6.07, 6.45) is 5.92. The average Bonchev–Trinajstić information content (AvgIpc) is 2.83. The van der Waals surface area contributed by atoms with E-state index in [4.69, 9.17) is 4.74 Å². The van der Waals surface area contributed by atoms with Gasteiger partial charge in [-0.3, -0.25) is 0 Å². The van der Waals surface area contributed by atoms with Gasteiger partial charge in [0.2, 0.25) is 0 Å². The Balaban J connectivity index is 1.70. The van der Waals surface area contributed by atoms with Crippen LogP contribution < -0.4 is 5.32 Å². The third-order valence-corrected chi connectivity index (χ3v) is 7.18. The molecule has 3 aliphatic rings. The minimum absolute atomic E-state index is 0.282. The highest BCUT2D eigenvalue weighted by Crippen LogP contribution is 2.63. The lowest BCUT2D eigenvalue weighted by Crippen LogP contribution is -2.66. The smallest absolute Gasteiger partial charge is 0.0655 e. The minimum atomic E-state index is 0.282. The van der Waals surface area contributed by atoms with E-state index < -0.39 is 0 Å². The van der Waals surface area contributed by atoms with Gasteiger partial charge in [0.05, 0.1) is 6.10 Å². The van der Waals surface area contributed by atoms with E-state index in [-0.39, 0.29) is 5.41 Å². The van der Waals surface area contributed by atoms with E-state index in [2.05, 4.69) is 46.9 Å². The maximum atomic E-state index is 5.89. The zero-order chi connectivity index (χ0) is 14.8. The molecular weight excluding hydrogens is 246 g/mol. The average molecular weight is 279 g/mol. The second kappa shape index (κ2) is 4.46. The largest absolute Gasteiger partial charge is 0.378 e. The van der Waals surface area contributed by atoms with Crippen LogP contribution in [-0.4, -0.2) is 24.8 Å². The number of nitrogens with one attached hydrogen (secondary N) is 1. The van der Waals surface area contributed by atoms with Crippen LogP contribution in [-0.2, 0) is 4.74 Å². The van der Waals surface area contributed by atoms with Crippen LogP contribution in [0, 0.1) is 22.2 Å². The minimum Gasteiger partial charge on any atom is -0.378 e. The first kappa shape index (κ1) is 14.8. The van der Waals surface area contributed by atoms with Crippen molar-refractivity contribution in [3.63, 3.8) is 0 Å². The van der Waals surface area contributed by atoms with Crippen molar-refractivity contribution >= 4 is 0 Å². The maximum Gasteiger partial charge on any atom is 0.0655 e. The molecule has 3 unspecified atom stereocenters. The van der Waals surface area contributed by atoms with Crippen molar-refractivity contribution in [2.75, 3.05) is 6.61 Å². The van der Waals surface area contributed by atoms with Gasteiger partial charge in [-0.1, -0.05) is 34.6 Å². The van der Waals surface area contributed by atoms with Crippen molar-refractivity contribution in [3.05, 3.63) is 0 Å². The fourth-order valence-electron chi connectivity index (χ4n) is 5.57. The van der Waals surface area contributed by atoms with Crippen LogP contribution in [0.2, 0.25) is 0 Å². The highest BCUT2D eigenvalue weighted by atomic mass is 16.5. The zero-order valence-corrected chi connectivity index (χ0v) is 14.3. The van der Waals surface area contributed by atoms with Crippen LogP contribution in [0.4, 0.5) is 0 Å². The summed E-state index contributed by atoms with van der Waals surface area (Å²) in [5.41, 5.74) is 1.27. The number of ether oxygens (including phenoxy) is 1. The molecule has 1 N–H and O–H groups in total. The maximum absolute atomic E-state index is 5.89. The van der Waals surface area contributed by atoms with Crippen LogP contribution >= 0.6 is 0 Å². The molecule has 0 amide bonds. The number of hydrogen-bond acceptors (Lipinski definition) is 2. The molecule has 116 valence electrons. The molecule has 2 heteroatoms. The van der Waals surface area contributed by atoms with E-state index in [1.165, 1.54) is 25.7 Å². The van der Waals surface area contributed by atoms with Crippen LogP contribution in [0.1, 0.15) is 67.2 Å². The van der Waals surface area contributed by atoms with Crippen molar-refractivity contribution in [1.82, 2.24) is 5.32 Å². The molecule has 2 bridgehead atoms. The standard InChI is InChI=1S/C18H33NO/c1-7-20-14-10-13(17(14,4)5)19-15-16(2,3)12-8-9-18(15,6)11-12/h12-15,19H,7-11H2,1-6H3/t12-,13?,14?,15?,18+/m0/s1. The second-order valence-corrected chi connectivity index (χ2v) is 9.07. The monoisotopic (exact) mass is 279 g/mol. The molecule has 0 aromatic carbocycles. The molecule has 5 atom stereocenters. The first-order valence-corrected chi connectivity index (χ1v) is 8.59. The van der Waals surface area contributed by atoms with Gasteiger partial charge >= 0.3 is 0 Å². The molecule has 0 saturated heterocycles. The number of hydrogen-bond donors (Lipinski definition) is 1. The highest BCUT2D eigenvalue weighted by molar-refractivity contribution is 5.15. The van der Waals surface area contributed by atoms with E-state index in [9.17, 15) is 0 Å². The molecule has 3 saturated carbocycles. The van der Waals surface area contributed by atoms with Gasteiger partial charge in [-0.25, -0.2) is 0 Å². The van der Waals surface area contributed by atoms with Crippen LogP contribution in [0.25, 0.3) is 0 Å². The van der Waals surface area contributed by atoms with Gasteiger partial charge in [0.15, 0.2) is 0 Å². The zero-order valence-electron chi connectivity index (χ0n) is 14.3. The van der Waals surface area contributed by atoms with Gasteiger partial charge in [0.1, 0.15) is 0 Å². The molecule has 0 radical (unpaired) electrons. The molecule has 0 aromatic heterocycles. The van der Waals surface area contributed by atoms with Crippen molar-refractivity contribution in [3.8, 4) is 0 Å². The molecule has 0 aliphatic heterocycles. The number of fused-ring (bicyclic) bond motifs is 2. The predicted octanol–water partition coefficient (Wildman–Crippen LogP) is 3.99. The topological polar surface area (TPSA) is 21.3 Å². The van der Waals surface area contributed by atoms with Crippen molar-refractivity contribution < 1.29 is 4.74 Å². The first-order valence-electron chi connectivity index (χ1n) is 8.59. The van der Waals surface area contributed by atoms with E-state index in [1.54, 1.807) is 0 Å². The molecule has 2 nitrogen and oxygen atoms in total. The summed E-state index contributed by atoms with van der Waals surface area (Å²) in [6, 6.07) is 1.31. The SMILES string of the molecule is CCOC1CC(NC2C(C)(C)[C@H]3CC[C@]2(C)C3)C1(C)C. The molecular formula is C18H33NO. The lowest BCUT2D eigenvalue weighted by molar-refractivity contribution is -0.123. The van der Waals surface area contributed by atoms with Crippen LogP contribution in [0.15, 0.2) is 0 Å². The molecule has 0 aromatic rings. The van der Waals surface area contributed by atoms with E-state index >= 15 is 0 Å². The Hall–Kier alpha value is -0.0800. The molecule has 3 aliphatic carbocycles. The van der Waals surface area contributed by atoms with Crippen LogP contribution in [0.3, 0.4) is 0 Å². The molecule has 3 rings (SSSR count). The van der Waals surface area contributed by atoms with Gasteiger partial charge < -0.3 is 10.1 Å². The Bertz CT molecular complexity index is 384. The van der Waals surface area contributed by atoms with E-state index in [0.29, 0.717) is 29.0 Å². The fraction of sp³-hybridized carbons (Fsp3) is 1.00. The molecule has 0 spiro atoms. The second-order valence-electron chi connectivity index (χ2n) is 9.07. The summed E-state index contributed by atoms with van der Waals surface area (Å²) in [5.74, 6) is 0.927. The van der Waals surface area contributed by atoms with Gasteiger partial charge in [0, 0.05) is 24.1 Å². The lowest BCUT2D eigenvalue weighted by atomic mass is 9.62. The predicted molar refractivity (Wildman–Crippen MR) is 83.8 cm³/mol. The first-order chi connectivity index (χ1) is 9.22. The summed E-state index contributed by atoms with van der Waals surface area (Å²) in [5, 5.41) is 4.08. The summed E-state index contributed by atoms with van der Waals surface area (Å²) in [6.45, 7) is 15.2. The fourth-order valence-corrected chi connectivity index (χ4v) is 5.57. The quantitative estimate of drug-likeness (QED) is 0.840. The van der Waals surface area contributed by atoms with E-state index in [1.807, 2.05) is 0 Å². The summed E-state index contributed by atoms with van der Waals surface area (Å²) < 4.78 is 5.89. The highest BCUT2D eigenvalue weighted by Gasteiger charge is 2.61. The van der Waals surface area contributed by atoms with Crippen LogP contribution in [0.5, 0.6) is 0 Å². The van der Waals surface area contributed by atoms with Crippen molar-refractivity contribution in [1.29, 1.82) is 0 Å². The molecule has 3 fully saturated rings. The van der Waals surface area contributed by atoms with Gasteiger partial charge in [-0.05, 0) is 49.4 Å². The summed E-state index contributed by atoms with van der Waals surface area (Å²) in [7, 11) is 0. The van der Waals surface area contributed by atoms with E-state index in [0.717, 1.165) is 12.5 Å². The van der Waals surface area contributed by atoms with Gasteiger partial charge in [-0.15, -0.1) is 0 Å². The number of rotatable bonds is 4. The Morgan fingerprint density at radius 1 is 1.10 bits per heavy atom. The van der Waals surface area contributed by atoms with Crippen molar-refractivity contribution in [2.45, 2.75) is 85.4 Å². The summed E-state index contributed by atoms with van der Waals surface area (Å²) in [4.78, 5) is 0. The van der Waals surface area contributed by atoms with Crippen molar-refractivity contribution in [2.24, 2.45) is 22.2 Å².